The molecule has 108 valence electrons. The summed E-state index contributed by atoms with van der Waals surface area (Å²) in [5.74, 6) is 1.53. The molecule has 0 aliphatic rings. The van der Waals surface area contributed by atoms with Crippen molar-refractivity contribution in [2.24, 2.45) is 0 Å². The van der Waals surface area contributed by atoms with Crippen LogP contribution in [0.3, 0.4) is 0 Å². The summed E-state index contributed by atoms with van der Waals surface area (Å²) < 4.78 is 0. The van der Waals surface area contributed by atoms with Crippen molar-refractivity contribution in [2.45, 2.75) is 30.9 Å². The van der Waals surface area contributed by atoms with E-state index in [1.165, 1.54) is 15.3 Å². The summed E-state index contributed by atoms with van der Waals surface area (Å²) in [7, 11) is 0. The predicted molar refractivity (Wildman–Crippen MR) is 92.5 cm³/mol. The highest BCUT2D eigenvalue weighted by molar-refractivity contribution is 7.98. The summed E-state index contributed by atoms with van der Waals surface area (Å²) in [6.07, 6.45) is 1.00. The van der Waals surface area contributed by atoms with Crippen LogP contribution in [0.2, 0.25) is 5.15 Å². The van der Waals surface area contributed by atoms with Gasteiger partial charge in [-0.15, -0.1) is 23.1 Å². The zero-order valence-corrected chi connectivity index (χ0v) is 14.3. The van der Waals surface area contributed by atoms with E-state index in [1.807, 2.05) is 0 Å². The number of hydrogen-bond acceptors (Lipinski definition) is 4. The monoisotopic (exact) mass is 334 g/mol. The summed E-state index contributed by atoms with van der Waals surface area (Å²) in [5, 5.41) is 1.54. The maximum absolute atomic E-state index is 6.29. The van der Waals surface area contributed by atoms with Gasteiger partial charge in [0.15, 0.2) is 0 Å². The molecule has 1 aromatic carbocycles. The Morgan fingerprint density at radius 3 is 2.86 bits per heavy atom. The molecular weight excluding hydrogens is 320 g/mol. The SMILES string of the molecule is CCc1cc2c(Cl)nc(CSc3cccc(C)c3)nc2s1. The lowest BCUT2D eigenvalue weighted by Gasteiger charge is -2.03. The smallest absolute Gasteiger partial charge is 0.142 e. The molecule has 0 radical (unpaired) electrons. The van der Waals surface area contributed by atoms with Gasteiger partial charge in [0.2, 0.25) is 0 Å². The van der Waals surface area contributed by atoms with E-state index in [4.69, 9.17) is 11.6 Å². The molecule has 0 saturated heterocycles. The van der Waals surface area contributed by atoms with Crippen LogP contribution in [0.1, 0.15) is 23.2 Å². The summed E-state index contributed by atoms with van der Waals surface area (Å²) in [6.45, 7) is 4.24. The van der Waals surface area contributed by atoms with Gasteiger partial charge in [-0.2, -0.15) is 0 Å². The molecule has 0 aliphatic carbocycles. The molecule has 2 nitrogen and oxygen atoms in total. The lowest BCUT2D eigenvalue weighted by molar-refractivity contribution is 1.07. The van der Waals surface area contributed by atoms with E-state index >= 15 is 0 Å². The first-order valence-corrected chi connectivity index (χ1v) is 8.98. The van der Waals surface area contributed by atoms with Gasteiger partial charge in [0, 0.05) is 15.2 Å². The van der Waals surface area contributed by atoms with Gasteiger partial charge < -0.3 is 0 Å². The minimum atomic E-state index is 0.566. The number of thioether (sulfide) groups is 1. The average Bonchev–Trinajstić information content (AvgIpc) is 2.89. The van der Waals surface area contributed by atoms with Crippen molar-refractivity contribution in [3.63, 3.8) is 0 Å². The number of benzene rings is 1. The molecule has 0 bridgehead atoms. The van der Waals surface area contributed by atoms with Gasteiger partial charge in [0.25, 0.3) is 0 Å². The fraction of sp³-hybridized carbons (Fsp3) is 0.250. The van der Waals surface area contributed by atoms with E-state index in [1.54, 1.807) is 23.1 Å². The predicted octanol–water partition coefficient (Wildman–Crippen LogP) is 5.51. The first kappa shape index (κ1) is 14.8. The Hall–Kier alpha value is -1.10. The minimum absolute atomic E-state index is 0.566. The summed E-state index contributed by atoms with van der Waals surface area (Å²) >= 11 is 9.73. The van der Waals surface area contributed by atoms with Crippen molar-refractivity contribution in [3.8, 4) is 0 Å². The lowest BCUT2D eigenvalue weighted by Crippen LogP contribution is -1.92. The Labute approximate surface area is 137 Å². The second kappa shape index (κ2) is 6.34. The maximum Gasteiger partial charge on any atom is 0.142 e. The van der Waals surface area contributed by atoms with Gasteiger partial charge in [-0.05, 0) is 31.5 Å². The standard InChI is InChI=1S/C16H15ClN2S2/c1-3-11-8-13-15(17)18-14(19-16(13)21-11)9-20-12-6-4-5-10(2)7-12/h4-8H,3,9H2,1-2H3. The van der Waals surface area contributed by atoms with Gasteiger partial charge >= 0.3 is 0 Å². The number of halogens is 1. The largest absolute Gasteiger partial charge is 0.221 e. The molecule has 3 rings (SSSR count). The normalized spacial score (nSPS) is 11.2. The number of aryl methyl sites for hydroxylation is 2. The van der Waals surface area contributed by atoms with E-state index in [0.717, 1.165) is 28.2 Å². The number of rotatable bonds is 4. The minimum Gasteiger partial charge on any atom is -0.221 e. The third-order valence-electron chi connectivity index (χ3n) is 3.15. The van der Waals surface area contributed by atoms with Crippen LogP contribution >= 0.6 is 34.7 Å². The Morgan fingerprint density at radius 2 is 2.10 bits per heavy atom. The first-order valence-electron chi connectivity index (χ1n) is 6.80. The fourth-order valence-corrected chi connectivity index (χ4v) is 4.22. The van der Waals surface area contributed by atoms with Gasteiger partial charge in [-0.3, -0.25) is 0 Å². The molecule has 0 amide bonds. The Kier molecular flexibility index (Phi) is 4.48. The maximum atomic E-state index is 6.29. The van der Waals surface area contributed by atoms with Crippen LogP contribution in [0.4, 0.5) is 0 Å². The molecule has 0 aliphatic heterocycles. The summed E-state index contributed by atoms with van der Waals surface area (Å²) in [6, 6.07) is 10.5. The summed E-state index contributed by atoms with van der Waals surface area (Å²) in [5.41, 5.74) is 1.26. The highest BCUT2D eigenvalue weighted by Crippen LogP contribution is 2.30. The zero-order chi connectivity index (χ0) is 14.8. The van der Waals surface area contributed by atoms with Crippen molar-refractivity contribution in [1.29, 1.82) is 0 Å². The van der Waals surface area contributed by atoms with Gasteiger partial charge in [0.1, 0.15) is 15.8 Å². The van der Waals surface area contributed by atoms with E-state index in [2.05, 4.69) is 54.1 Å². The molecule has 5 heteroatoms. The zero-order valence-electron chi connectivity index (χ0n) is 11.9. The van der Waals surface area contributed by atoms with Crippen LogP contribution in [0.15, 0.2) is 35.2 Å². The van der Waals surface area contributed by atoms with Gasteiger partial charge in [-0.25, -0.2) is 9.97 Å². The van der Waals surface area contributed by atoms with E-state index < -0.39 is 0 Å². The van der Waals surface area contributed by atoms with Crippen molar-refractivity contribution in [1.82, 2.24) is 9.97 Å². The van der Waals surface area contributed by atoms with Crippen LogP contribution in [-0.2, 0) is 12.2 Å². The highest BCUT2D eigenvalue weighted by Gasteiger charge is 2.10. The molecule has 0 atom stereocenters. The molecule has 21 heavy (non-hydrogen) atoms. The van der Waals surface area contributed by atoms with Crippen molar-refractivity contribution in [2.75, 3.05) is 0 Å². The van der Waals surface area contributed by atoms with Gasteiger partial charge in [-0.1, -0.05) is 36.2 Å². The molecule has 0 N–H and O–H groups in total. The van der Waals surface area contributed by atoms with E-state index in [9.17, 15) is 0 Å². The molecule has 2 heterocycles. The molecule has 0 unspecified atom stereocenters. The van der Waals surface area contributed by atoms with Crippen molar-refractivity contribution < 1.29 is 0 Å². The van der Waals surface area contributed by atoms with Crippen molar-refractivity contribution >= 4 is 44.9 Å². The van der Waals surface area contributed by atoms with Gasteiger partial charge in [0.05, 0.1) is 5.75 Å². The van der Waals surface area contributed by atoms with E-state index in [0.29, 0.717) is 5.15 Å². The fourth-order valence-electron chi connectivity index (χ4n) is 2.07. The van der Waals surface area contributed by atoms with Crippen LogP contribution < -0.4 is 0 Å². The third kappa shape index (κ3) is 3.39. The lowest BCUT2D eigenvalue weighted by atomic mass is 10.2. The second-order valence-corrected chi connectivity index (χ2v) is 7.34. The Bertz CT molecular complexity index is 783. The third-order valence-corrected chi connectivity index (χ3v) is 5.60. The van der Waals surface area contributed by atoms with Crippen molar-refractivity contribution in [3.05, 3.63) is 51.7 Å². The second-order valence-electron chi connectivity index (χ2n) is 4.82. The number of fused-ring (bicyclic) bond motifs is 1. The van der Waals surface area contributed by atoms with Crippen LogP contribution in [0.5, 0.6) is 0 Å². The molecule has 0 saturated carbocycles. The first-order chi connectivity index (χ1) is 10.2. The Balaban J connectivity index is 1.84. The van der Waals surface area contributed by atoms with E-state index in [-0.39, 0.29) is 0 Å². The molecule has 2 aromatic heterocycles. The number of thiophene rings is 1. The average molecular weight is 335 g/mol. The molecule has 3 aromatic rings. The highest BCUT2D eigenvalue weighted by atomic mass is 35.5. The number of nitrogens with zero attached hydrogens (tertiary/aromatic N) is 2. The molecule has 0 fully saturated rings. The molecular formula is C16H15ClN2S2. The van der Waals surface area contributed by atoms with Crippen LogP contribution in [0.25, 0.3) is 10.2 Å². The Morgan fingerprint density at radius 1 is 1.24 bits per heavy atom. The van der Waals surface area contributed by atoms with Crippen LogP contribution in [-0.4, -0.2) is 9.97 Å². The molecule has 0 spiro atoms. The van der Waals surface area contributed by atoms with Crippen LogP contribution in [0, 0.1) is 6.92 Å². The number of aromatic nitrogens is 2. The topological polar surface area (TPSA) is 25.8 Å². The number of hydrogen-bond donors (Lipinski definition) is 0. The summed E-state index contributed by atoms with van der Waals surface area (Å²) in [4.78, 5) is 12.6. The quantitative estimate of drug-likeness (QED) is 0.465.